The molecule has 30 heavy (non-hydrogen) atoms. The van der Waals surface area contributed by atoms with Gasteiger partial charge in [-0.25, -0.2) is 0 Å². The number of carbonyl (C=O) groups is 2. The highest BCUT2D eigenvalue weighted by atomic mass is 16.7. The van der Waals surface area contributed by atoms with Crippen LogP contribution in [0.25, 0.3) is 0 Å². The van der Waals surface area contributed by atoms with E-state index in [4.69, 9.17) is 23.7 Å². The van der Waals surface area contributed by atoms with Crippen molar-refractivity contribution < 1.29 is 33.3 Å². The highest BCUT2D eigenvalue weighted by Crippen LogP contribution is 2.36. The second-order valence-corrected chi connectivity index (χ2v) is 7.38. The lowest BCUT2D eigenvalue weighted by Gasteiger charge is -2.32. The van der Waals surface area contributed by atoms with Gasteiger partial charge in [-0.05, 0) is 18.2 Å². The number of ether oxygens (including phenoxy) is 5. The SMILES string of the molecule is O=C1CC[C@H](C(=O)N(Cc2cccc3c2OCO3)C[C@@H]2COc3ccccc3O2)O1. The number of rotatable bonds is 5. The molecule has 2 aromatic carbocycles. The molecule has 0 radical (unpaired) electrons. The van der Waals surface area contributed by atoms with Crippen LogP contribution in [0.4, 0.5) is 0 Å². The first-order chi connectivity index (χ1) is 14.7. The summed E-state index contributed by atoms with van der Waals surface area (Å²) in [6, 6.07) is 13.0. The Labute approximate surface area is 173 Å². The average molecular weight is 411 g/mol. The molecule has 0 saturated carbocycles. The van der Waals surface area contributed by atoms with E-state index in [2.05, 4.69) is 0 Å². The van der Waals surface area contributed by atoms with Crippen molar-refractivity contribution in [1.82, 2.24) is 4.90 Å². The molecule has 0 aromatic heterocycles. The zero-order valence-electron chi connectivity index (χ0n) is 16.2. The molecule has 2 atom stereocenters. The molecule has 2 aromatic rings. The van der Waals surface area contributed by atoms with Gasteiger partial charge >= 0.3 is 5.97 Å². The fourth-order valence-electron chi connectivity index (χ4n) is 3.86. The highest BCUT2D eigenvalue weighted by molar-refractivity contribution is 5.86. The van der Waals surface area contributed by atoms with Crippen LogP contribution in [0.3, 0.4) is 0 Å². The van der Waals surface area contributed by atoms with Crippen LogP contribution in [0.15, 0.2) is 42.5 Å². The number of benzene rings is 2. The van der Waals surface area contributed by atoms with Gasteiger partial charge in [0.15, 0.2) is 35.2 Å². The normalized spacial score (nSPS) is 21.3. The number of cyclic esters (lactones) is 1. The smallest absolute Gasteiger partial charge is 0.306 e. The Bertz CT molecular complexity index is 976. The molecule has 0 aliphatic carbocycles. The van der Waals surface area contributed by atoms with E-state index in [0.29, 0.717) is 36.0 Å². The van der Waals surface area contributed by atoms with Gasteiger partial charge in [-0.3, -0.25) is 9.59 Å². The Hall–Kier alpha value is -3.42. The molecular weight excluding hydrogens is 390 g/mol. The number of fused-ring (bicyclic) bond motifs is 2. The van der Waals surface area contributed by atoms with Crippen molar-refractivity contribution in [2.24, 2.45) is 0 Å². The van der Waals surface area contributed by atoms with Crippen molar-refractivity contribution in [2.45, 2.75) is 31.6 Å². The summed E-state index contributed by atoms with van der Waals surface area (Å²) in [6.07, 6.45) is -0.498. The maximum absolute atomic E-state index is 13.2. The largest absolute Gasteiger partial charge is 0.486 e. The average Bonchev–Trinajstić information content (AvgIpc) is 3.42. The van der Waals surface area contributed by atoms with Gasteiger partial charge in [-0.15, -0.1) is 0 Å². The summed E-state index contributed by atoms with van der Waals surface area (Å²) in [7, 11) is 0. The van der Waals surface area contributed by atoms with Crippen LogP contribution in [0.1, 0.15) is 18.4 Å². The predicted molar refractivity (Wildman–Crippen MR) is 103 cm³/mol. The number of carbonyl (C=O) groups excluding carboxylic acids is 2. The third kappa shape index (κ3) is 3.60. The van der Waals surface area contributed by atoms with E-state index < -0.39 is 6.10 Å². The lowest BCUT2D eigenvalue weighted by atomic mass is 10.1. The van der Waals surface area contributed by atoms with Gasteiger partial charge in [0.05, 0.1) is 6.54 Å². The van der Waals surface area contributed by atoms with Crippen molar-refractivity contribution in [3.63, 3.8) is 0 Å². The van der Waals surface area contributed by atoms with Crippen LogP contribution in [0, 0.1) is 0 Å². The Kier molecular flexibility index (Phi) is 4.82. The van der Waals surface area contributed by atoms with Crippen molar-refractivity contribution in [2.75, 3.05) is 19.9 Å². The summed E-state index contributed by atoms with van der Waals surface area (Å²) in [6.45, 7) is 1.03. The van der Waals surface area contributed by atoms with Crippen LogP contribution in [0.2, 0.25) is 0 Å². The molecule has 3 aliphatic heterocycles. The first kappa shape index (κ1) is 18.6. The number of hydrogen-bond donors (Lipinski definition) is 0. The quantitative estimate of drug-likeness (QED) is 0.698. The van der Waals surface area contributed by atoms with E-state index in [1.165, 1.54) is 0 Å². The minimum Gasteiger partial charge on any atom is -0.486 e. The molecule has 5 rings (SSSR count). The molecule has 1 saturated heterocycles. The fraction of sp³-hybridized carbons (Fsp3) is 0.364. The van der Waals surface area contributed by atoms with Crippen LogP contribution < -0.4 is 18.9 Å². The molecule has 0 bridgehead atoms. The van der Waals surface area contributed by atoms with Crippen LogP contribution in [0.5, 0.6) is 23.0 Å². The first-order valence-corrected chi connectivity index (χ1v) is 9.91. The maximum atomic E-state index is 13.2. The number of para-hydroxylation sites is 3. The third-order valence-electron chi connectivity index (χ3n) is 5.30. The lowest BCUT2D eigenvalue weighted by Crippen LogP contribution is -2.46. The summed E-state index contributed by atoms with van der Waals surface area (Å²) in [4.78, 5) is 26.4. The summed E-state index contributed by atoms with van der Waals surface area (Å²) < 4.78 is 28.1. The third-order valence-corrected chi connectivity index (χ3v) is 5.30. The second kappa shape index (κ2) is 7.78. The highest BCUT2D eigenvalue weighted by Gasteiger charge is 2.36. The van der Waals surface area contributed by atoms with Crippen molar-refractivity contribution in [1.29, 1.82) is 0 Å². The summed E-state index contributed by atoms with van der Waals surface area (Å²) in [5.41, 5.74) is 0.819. The molecule has 1 fully saturated rings. The van der Waals surface area contributed by atoms with Crippen LogP contribution in [-0.2, 0) is 20.9 Å². The monoisotopic (exact) mass is 411 g/mol. The van der Waals surface area contributed by atoms with Gasteiger partial charge in [0, 0.05) is 24.9 Å². The van der Waals surface area contributed by atoms with Gasteiger partial charge in [-0.2, -0.15) is 0 Å². The number of amides is 1. The standard InChI is InChI=1S/C22H21NO7/c24-20-9-8-19(30-20)22(25)23(10-14-4-3-7-18-21(14)28-13-27-18)11-15-12-26-16-5-1-2-6-17(16)29-15/h1-7,15,19H,8-13H2/t15-,19-/m1/s1. The van der Waals surface area contributed by atoms with Gasteiger partial charge in [0.1, 0.15) is 6.61 Å². The Morgan fingerprint density at radius 1 is 0.967 bits per heavy atom. The molecule has 0 unspecified atom stereocenters. The molecule has 0 N–H and O–H groups in total. The van der Waals surface area contributed by atoms with Crippen molar-refractivity contribution >= 4 is 11.9 Å². The van der Waals surface area contributed by atoms with Crippen LogP contribution in [-0.4, -0.2) is 48.9 Å². The van der Waals surface area contributed by atoms with E-state index >= 15 is 0 Å². The summed E-state index contributed by atoms with van der Waals surface area (Å²) >= 11 is 0. The van der Waals surface area contributed by atoms with Crippen molar-refractivity contribution in [3.05, 3.63) is 48.0 Å². The topological polar surface area (TPSA) is 83.5 Å². The molecular formula is C22H21NO7. The molecule has 156 valence electrons. The first-order valence-electron chi connectivity index (χ1n) is 9.91. The lowest BCUT2D eigenvalue weighted by molar-refractivity contribution is -0.154. The zero-order valence-corrected chi connectivity index (χ0v) is 16.2. The molecule has 3 heterocycles. The summed E-state index contributed by atoms with van der Waals surface area (Å²) in [5.74, 6) is 2.01. The van der Waals surface area contributed by atoms with E-state index in [0.717, 1.165) is 5.56 Å². The van der Waals surface area contributed by atoms with Crippen molar-refractivity contribution in [3.8, 4) is 23.0 Å². The van der Waals surface area contributed by atoms with Gasteiger partial charge in [-0.1, -0.05) is 24.3 Å². The Balaban J connectivity index is 1.37. The fourth-order valence-corrected chi connectivity index (χ4v) is 3.86. The molecule has 8 nitrogen and oxygen atoms in total. The molecule has 3 aliphatic rings. The minimum atomic E-state index is -0.775. The number of hydrogen-bond acceptors (Lipinski definition) is 7. The van der Waals surface area contributed by atoms with Crippen LogP contribution >= 0.6 is 0 Å². The van der Waals surface area contributed by atoms with E-state index in [-0.39, 0.29) is 44.3 Å². The van der Waals surface area contributed by atoms with Gasteiger partial charge in [0.25, 0.3) is 5.91 Å². The minimum absolute atomic E-state index is 0.150. The Morgan fingerprint density at radius 3 is 2.63 bits per heavy atom. The number of nitrogens with zero attached hydrogens (tertiary/aromatic N) is 1. The van der Waals surface area contributed by atoms with Gasteiger partial charge in [0.2, 0.25) is 6.79 Å². The zero-order chi connectivity index (χ0) is 20.5. The molecule has 8 heteroatoms. The van der Waals surface area contributed by atoms with E-state index in [1.54, 1.807) is 4.90 Å². The maximum Gasteiger partial charge on any atom is 0.306 e. The molecule has 0 spiro atoms. The van der Waals surface area contributed by atoms with Gasteiger partial charge < -0.3 is 28.6 Å². The predicted octanol–water partition coefficient (Wildman–Crippen LogP) is 2.29. The van der Waals surface area contributed by atoms with E-state index in [1.807, 2.05) is 42.5 Å². The van der Waals surface area contributed by atoms with E-state index in [9.17, 15) is 9.59 Å². The molecule has 1 amide bonds. The number of esters is 1. The summed E-state index contributed by atoms with van der Waals surface area (Å²) in [5, 5.41) is 0. The Morgan fingerprint density at radius 2 is 1.80 bits per heavy atom. The second-order valence-electron chi connectivity index (χ2n) is 7.38.